The Morgan fingerprint density at radius 3 is 0.523 bits per heavy atom. The molecular weight excluding hydrogens is 726 g/mol. The van der Waals surface area contributed by atoms with Crippen LogP contribution in [0.15, 0.2) is 0 Å². The van der Waals surface area contributed by atoms with E-state index in [1.54, 1.807) is 0 Å². The number of carbonyl (C=O) groups is 6. The van der Waals surface area contributed by atoms with E-state index in [0.717, 1.165) is 0 Å². The Morgan fingerprint density at radius 2 is 0.500 bits per heavy atom. The van der Waals surface area contributed by atoms with Crippen molar-refractivity contribution < 1.29 is 127 Å². The molecule has 0 saturated carbocycles. The maximum absolute atomic E-state index is 9.72. The molecule has 3 unspecified atom stereocenters. The molecule has 0 saturated heterocycles. The van der Waals surface area contributed by atoms with E-state index in [4.69, 9.17) is 98.5 Å². The average Bonchev–Trinajstić information content (AvgIpc) is 2.63. The number of aliphatic carboxylic acids is 6. The van der Waals surface area contributed by atoms with Gasteiger partial charge in [-0.1, -0.05) is 0 Å². The summed E-state index contributed by atoms with van der Waals surface area (Å²) in [5, 5.41) is 72.4. The molecule has 0 bridgehead atoms. The quantitative estimate of drug-likeness (QED) is 0.0601. The number of hydrogen-bond acceptors (Lipinski definition) is 21. The molecule has 0 heterocycles. The maximum Gasteiger partial charge on any atom is 3.00 e. The van der Waals surface area contributed by atoms with Crippen molar-refractivity contribution in [1.29, 1.82) is 0 Å². The van der Waals surface area contributed by atoms with E-state index in [2.05, 4.69) is 0 Å². The Hall–Kier alpha value is -2.63. The zero-order chi connectivity index (χ0) is 35.8. The molecule has 44 heavy (non-hydrogen) atoms. The van der Waals surface area contributed by atoms with E-state index in [-0.39, 0.29) is 34.7 Å². The first-order chi connectivity index (χ1) is 18.1. The minimum Gasteiger partial charge on any atom is -0.759 e. The van der Waals surface area contributed by atoms with Crippen molar-refractivity contribution in [2.75, 3.05) is 0 Å². The van der Waals surface area contributed by atoms with Crippen LogP contribution < -0.4 is 0 Å². The molecule has 3 atom stereocenters. The zero-order valence-corrected chi connectivity index (χ0v) is 25.4. The monoisotopic (exact) mass is 744 g/mol. The van der Waals surface area contributed by atoms with Crippen molar-refractivity contribution in [3.8, 4) is 0 Å². The van der Waals surface area contributed by atoms with E-state index in [1.807, 2.05) is 0 Å². The summed E-state index contributed by atoms with van der Waals surface area (Å²) >= 11 is 0. The van der Waals surface area contributed by atoms with E-state index < -0.39 is 105 Å². The van der Waals surface area contributed by atoms with Gasteiger partial charge in [0, 0.05) is 31.2 Å². The summed E-state index contributed by atoms with van der Waals surface area (Å²) in [5.41, 5.74) is 0. The van der Waals surface area contributed by atoms with Crippen molar-refractivity contribution in [1.82, 2.24) is 0 Å². The van der Waals surface area contributed by atoms with Crippen molar-refractivity contribution >= 4 is 102 Å². The third-order valence-corrected chi connectivity index (χ3v) is 1.96. The predicted octanol–water partition coefficient (Wildman–Crippen LogP) is -8.06. The van der Waals surface area contributed by atoms with Gasteiger partial charge in [-0.25, -0.2) is 14.4 Å². The van der Waals surface area contributed by atoms with Gasteiger partial charge < -0.3 is 73.3 Å². The summed E-state index contributed by atoms with van der Waals surface area (Å²) in [5.74, 6) is -8.54. The van der Waals surface area contributed by atoms with Gasteiger partial charge >= 0.3 is 70.5 Å². The summed E-state index contributed by atoms with van der Waals surface area (Å²) in [6, 6.07) is 0. The minimum atomic E-state index is -5.17. The molecule has 32 heteroatoms. The zero-order valence-electron chi connectivity index (χ0n) is 20.6. The normalized spacial score (nSPS) is 11.7. The SMILES string of the molecule is O=C(O)CC(O)C(=O)O.O=C(O)CC(O)C(=O)O.O=C(O)CC(O)C(=O)O.O=S(=O)([O-])[O-].O=S(=O)([O-])[O-].O=S(=O)([O-])[O-].[Al+3].[Al+3]. The summed E-state index contributed by atoms with van der Waals surface area (Å²) in [6.07, 6.45) is -7.63. The molecule has 0 aliphatic carbocycles. The summed E-state index contributed by atoms with van der Waals surface area (Å²) in [6.45, 7) is 0. The Balaban J connectivity index is -0.0000000596. The predicted molar refractivity (Wildman–Crippen MR) is 121 cm³/mol. The van der Waals surface area contributed by atoms with Gasteiger partial charge in [-0.3, -0.25) is 39.6 Å². The third kappa shape index (κ3) is 127. The van der Waals surface area contributed by atoms with E-state index >= 15 is 0 Å². The second-order valence-corrected chi connectivity index (χ2v) is 8.03. The molecule has 0 aromatic carbocycles. The van der Waals surface area contributed by atoms with Crippen LogP contribution in [0, 0.1) is 0 Å². The fourth-order valence-corrected chi connectivity index (χ4v) is 0.758. The number of carboxylic acid groups (broad SMARTS) is 6. The van der Waals surface area contributed by atoms with E-state index in [0.29, 0.717) is 0 Å². The van der Waals surface area contributed by atoms with Crippen LogP contribution in [-0.2, 0) is 60.0 Å². The van der Waals surface area contributed by atoms with Crippen LogP contribution in [0.3, 0.4) is 0 Å². The topological polar surface area (TPSA) is 525 Å². The molecule has 252 valence electrons. The molecule has 0 aromatic heterocycles. The Labute approximate surface area is 266 Å². The van der Waals surface area contributed by atoms with Crippen LogP contribution in [0.2, 0.25) is 0 Å². The first-order valence-corrected chi connectivity index (χ1v) is 12.5. The van der Waals surface area contributed by atoms with Gasteiger partial charge in [0.2, 0.25) is 0 Å². The van der Waals surface area contributed by atoms with Gasteiger partial charge in [-0.15, -0.1) is 0 Å². The molecule has 0 aromatic rings. The van der Waals surface area contributed by atoms with Crippen molar-refractivity contribution in [2.24, 2.45) is 0 Å². The van der Waals surface area contributed by atoms with Gasteiger partial charge in [0.05, 0.1) is 19.3 Å². The first kappa shape index (κ1) is 60.6. The number of hydrogen-bond donors (Lipinski definition) is 9. The average molecular weight is 744 g/mol. The van der Waals surface area contributed by atoms with Crippen LogP contribution in [0.5, 0.6) is 0 Å². The molecule has 0 aliphatic heterocycles. The second kappa shape index (κ2) is 30.4. The number of rotatable bonds is 9. The standard InChI is InChI=1S/3C4H6O5.2Al.3H2O4S/c3*5-2(4(8)9)1-3(6)7;;;3*1-5(2,3)4/h3*2,5H,1H2,(H,6,7)(H,8,9);;;3*(H2,1,2,3,4)/q;;;2*+3;;;/p-6. The fourth-order valence-electron chi connectivity index (χ4n) is 0.758. The molecule has 27 nitrogen and oxygen atoms in total. The Bertz CT molecular complexity index is 1000. The van der Waals surface area contributed by atoms with Crippen LogP contribution in [0.1, 0.15) is 19.3 Å². The third-order valence-electron chi connectivity index (χ3n) is 1.96. The van der Waals surface area contributed by atoms with Crippen LogP contribution in [0.4, 0.5) is 0 Å². The van der Waals surface area contributed by atoms with Crippen molar-refractivity contribution in [3.63, 3.8) is 0 Å². The number of aliphatic hydroxyl groups excluding tert-OH is 3. The Morgan fingerprint density at radius 1 is 0.409 bits per heavy atom. The van der Waals surface area contributed by atoms with Crippen LogP contribution in [-0.4, -0.2) is 187 Å². The van der Waals surface area contributed by atoms with Gasteiger partial charge in [0.25, 0.3) is 0 Å². The summed E-state index contributed by atoms with van der Waals surface area (Å²) < 4.78 is 102. The molecular formula is C12H18Al2O27S3. The minimum absolute atomic E-state index is 0. The molecule has 0 amide bonds. The fraction of sp³-hybridized carbons (Fsp3) is 0.500. The molecule has 0 fully saturated rings. The van der Waals surface area contributed by atoms with Crippen molar-refractivity contribution in [3.05, 3.63) is 0 Å². The molecule has 0 radical (unpaired) electrons. The van der Waals surface area contributed by atoms with Gasteiger partial charge in [0.15, 0.2) is 18.3 Å². The summed E-state index contributed by atoms with van der Waals surface area (Å²) in [4.78, 5) is 58.2. The first-order valence-electron chi connectivity index (χ1n) is 8.49. The molecule has 0 spiro atoms. The summed E-state index contributed by atoms with van der Waals surface area (Å²) in [7, 11) is -15.5. The molecule has 9 N–H and O–H groups in total. The Kier molecular flexibility index (Phi) is 41.8. The molecule has 0 aliphatic rings. The smallest absolute Gasteiger partial charge is 0.759 e. The maximum atomic E-state index is 9.72. The van der Waals surface area contributed by atoms with Gasteiger partial charge in [0.1, 0.15) is 0 Å². The van der Waals surface area contributed by atoms with Gasteiger partial charge in [-0.2, -0.15) is 0 Å². The van der Waals surface area contributed by atoms with Crippen molar-refractivity contribution in [2.45, 2.75) is 37.6 Å². The van der Waals surface area contributed by atoms with E-state index in [9.17, 15) is 28.8 Å². The molecule has 0 rings (SSSR count). The van der Waals surface area contributed by atoms with Crippen LogP contribution in [0.25, 0.3) is 0 Å². The second-order valence-electron chi connectivity index (χ2n) is 5.58. The van der Waals surface area contributed by atoms with Crippen LogP contribution >= 0.6 is 0 Å². The van der Waals surface area contributed by atoms with Gasteiger partial charge in [-0.05, 0) is 0 Å². The number of aliphatic hydroxyl groups is 3. The van der Waals surface area contributed by atoms with E-state index in [1.165, 1.54) is 0 Å². The number of carboxylic acids is 6. The largest absolute Gasteiger partial charge is 3.00 e.